The van der Waals surface area contributed by atoms with Crippen LogP contribution >= 0.6 is 0 Å². The Morgan fingerprint density at radius 3 is 2.64 bits per heavy atom. The first-order valence-electron chi connectivity index (χ1n) is 9.96. The fourth-order valence-electron chi connectivity index (χ4n) is 3.79. The van der Waals surface area contributed by atoms with Crippen LogP contribution in [0.2, 0.25) is 0 Å². The summed E-state index contributed by atoms with van der Waals surface area (Å²) >= 11 is 0. The van der Waals surface area contributed by atoms with Crippen molar-refractivity contribution in [3.05, 3.63) is 35.7 Å². The van der Waals surface area contributed by atoms with Crippen LogP contribution in [0.3, 0.4) is 0 Å². The predicted molar refractivity (Wildman–Crippen MR) is 114 cm³/mol. The number of benzene rings is 1. The summed E-state index contributed by atoms with van der Waals surface area (Å²) in [6, 6.07) is 5.79. The number of nitrogens with two attached hydrogens (primary N) is 2. The third kappa shape index (κ3) is 4.14. The van der Waals surface area contributed by atoms with E-state index in [0.29, 0.717) is 23.0 Å². The number of allylic oxidation sites excluding steroid dienone is 1. The number of likely N-dealkylation sites (tertiary alicyclic amines) is 1. The molecule has 7 heteroatoms. The second-order valence-corrected chi connectivity index (χ2v) is 7.95. The van der Waals surface area contributed by atoms with Crippen molar-refractivity contribution in [2.75, 3.05) is 19.3 Å². The van der Waals surface area contributed by atoms with Crippen LogP contribution in [0.5, 0.6) is 5.75 Å². The van der Waals surface area contributed by atoms with Gasteiger partial charge >= 0.3 is 0 Å². The SMILES string of the molecule is CCC1(Oc2ccc(N)c(C(=N)C(=N)/C=C(\NC)N3CC(N)CC3C)c2)CC1. The highest BCUT2D eigenvalue weighted by Crippen LogP contribution is 2.43. The van der Waals surface area contributed by atoms with Crippen LogP contribution in [-0.4, -0.2) is 47.6 Å². The molecule has 2 atom stereocenters. The Hall–Kier alpha value is -2.54. The average Bonchev–Trinajstić information content (AvgIpc) is 3.36. The topological polar surface area (TPSA) is 124 Å². The lowest BCUT2D eigenvalue weighted by molar-refractivity contribution is 0.174. The summed E-state index contributed by atoms with van der Waals surface area (Å²) in [6.45, 7) is 4.98. The Morgan fingerprint density at radius 2 is 2.11 bits per heavy atom. The summed E-state index contributed by atoms with van der Waals surface area (Å²) in [5.74, 6) is 1.50. The molecule has 7 N–H and O–H groups in total. The highest BCUT2D eigenvalue weighted by Gasteiger charge is 2.43. The van der Waals surface area contributed by atoms with Crippen LogP contribution in [0, 0.1) is 10.8 Å². The van der Waals surface area contributed by atoms with Crippen LogP contribution in [0.4, 0.5) is 5.69 Å². The molecule has 7 nitrogen and oxygen atoms in total. The Bertz CT molecular complexity index is 798. The molecule has 3 rings (SSSR count). The van der Waals surface area contributed by atoms with Crippen molar-refractivity contribution >= 4 is 17.1 Å². The van der Waals surface area contributed by atoms with Crippen LogP contribution < -0.4 is 21.5 Å². The van der Waals surface area contributed by atoms with Gasteiger partial charge in [0.05, 0.1) is 11.4 Å². The van der Waals surface area contributed by atoms with Crippen molar-refractivity contribution in [3.8, 4) is 5.75 Å². The third-order valence-electron chi connectivity index (χ3n) is 5.80. The van der Waals surface area contributed by atoms with E-state index in [9.17, 15) is 0 Å². The molecule has 2 fully saturated rings. The Morgan fingerprint density at radius 1 is 1.39 bits per heavy atom. The van der Waals surface area contributed by atoms with Gasteiger partial charge in [-0.3, -0.25) is 10.8 Å². The van der Waals surface area contributed by atoms with Gasteiger partial charge in [-0.2, -0.15) is 0 Å². The number of rotatable bonds is 8. The maximum absolute atomic E-state index is 8.52. The number of ether oxygens (including phenoxy) is 1. The molecular weight excluding hydrogens is 352 g/mol. The predicted octanol–water partition coefficient (Wildman–Crippen LogP) is 2.46. The van der Waals surface area contributed by atoms with Gasteiger partial charge in [0.25, 0.3) is 0 Å². The number of anilines is 1. The fourth-order valence-corrected chi connectivity index (χ4v) is 3.79. The van der Waals surface area contributed by atoms with E-state index in [1.807, 2.05) is 13.1 Å². The molecule has 0 bridgehead atoms. The molecule has 1 aromatic carbocycles. The molecule has 1 heterocycles. The first-order chi connectivity index (χ1) is 13.3. The summed E-state index contributed by atoms with van der Waals surface area (Å²) in [7, 11) is 1.82. The number of hydrogen-bond donors (Lipinski definition) is 5. The standard InChI is InChI=1S/C21H32N6O/c1-4-21(7-8-21)28-15-5-6-17(23)16(10-15)20(25)18(24)11-19(26-3)27-12-14(22)9-13(27)2/h5-6,10-11,13-14,24-26H,4,7-9,12,22-23H2,1-3H3/b19-11+,24-18?,25-20?. The van der Waals surface area contributed by atoms with Crippen molar-refractivity contribution in [1.29, 1.82) is 10.8 Å². The molecule has 2 aliphatic rings. The van der Waals surface area contributed by atoms with Crippen LogP contribution in [0.25, 0.3) is 0 Å². The fraction of sp³-hybridized carbons (Fsp3) is 0.524. The van der Waals surface area contributed by atoms with Gasteiger partial charge in [0.1, 0.15) is 17.2 Å². The van der Waals surface area contributed by atoms with Crippen molar-refractivity contribution in [2.24, 2.45) is 5.73 Å². The van der Waals surface area contributed by atoms with Gasteiger partial charge in [0, 0.05) is 43.0 Å². The van der Waals surface area contributed by atoms with Gasteiger partial charge in [-0.15, -0.1) is 0 Å². The van der Waals surface area contributed by atoms with Crippen LogP contribution in [0.1, 0.15) is 45.1 Å². The van der Waals surface area contributed by atoms with Gasteiger partial charge in [-0.25, -0.2) is 0 Å². The van der Waals surface area contributed by atoms with E-state index in [4.69, 9.17) is 27.0 Å². The molecule has 1 aromatic rings. The van der Waals surface area contributed by atoms with Crippen molar-refractivity contribution in [2.45, 2.75) is 57.2 Å². The van der Waals surface area contributed by atoms with Crippen molar-refractivity contribution in [1.82, 2.24) is 10.2 Å². The van der Waals surface area contributed by atoms with Gasteiger partial charge < -0.3 is 26.4 Å². The van der Waals surface area contributed by atoms with Crippen molar-refractivity contribution < 1.29 is 4.74 Å². The highest BCUT2D eigenvalue weighted by molar-refractivity contribution is 6.50. The van der Waals surface area contributed by atoms with E-state index in [1.54, 1.807) is 18.2 Å². The lowest BCUT2D eigenvalue weighted by atomic mass is 10.0. The molecule has 1 saturated carbocycles. The number of nitrogens with one attached hydrogen (secondary N) is 3. The van der Waals surface area contributed by atoms with E-state index < -0.39 is 0 Å². The van der Waals surface area contributed by atoms with Crippen LogP contribution in [-0.2, 0) is 0 Å². The molecule has 0 spiro atoms. The average molecular weight is 385 g/mol. The summed E-state index contributed by atoms with van der Waals surface area (Å²) in [5.41, 5.74) is 13.3. The minimum absolute atomic E-state index is 0.0626. The number of nitrogen functional groups attached to an aromatic ring is 1. The Kier molecular flexibility index (Phi) is 5.65. The van der Waals surface area contributed by atoms with E-state index in [1.165, 1.54) is 0 Å². The highest BCUT2D eigenvalue weighted by atomic mass is 16.5. The zero-order valence-corrected chi connectivity index (χ0v) is 17.0. The Labute approximate surface area is 167 Å². The normalized spacial score (nSPS) is 23.4. The zero-order chi connectivity index (χ0) is 20.5. The summed E-state index contributed by atoms with van der Waals surface area (Å²) in [5, 5.41) is 20.1. The molecular formula is C21H32N6O. The first-order valence-corrected chi connectivity index (χ1v) is 9.96. The van der Waals surface area contributed by atoms with E-state index in [0.717, 1.165) is 38.0 Å². The monoisotopic (exact) mass is 384 g/mol. The van der Waals surface area contributed by atoms with Crippen LogP contribution in [0.15, 0.2) is 30.1 Å². The summed E-state index contributed by atoms with van der Waals surface area (Å²) < 4.78 is 6.12. The lowest BCUT2D eigenvalue weighted by Gasteiger charge is -2.26. The van der Waals surface area contributed by atoms with Gasteiger partial charge in [0.2, 0.25) is 0 Å². The van der Waals surface area contributed by atoms with Crippen molar-refractivity contribution in [3.63, 3.8) is 0 Å². The molecule has 1 aliphatic carbocycles. The number of nitrogens with zero attached hydrogens (tertiary/aromatic N) is 1. The smallest absolute Gasteiger partial charge is 0.120 e. The molecule has 1 saturated heterocycles. The second kappa shape index (κ2) is 7.83. The van der Waals surface area contributed by atoms with Gasteiger partial charge in [0.15, 0.2) is 0 Å². The van der Waals surface area contributed by atoms with E-state index in [2.05, 4.69) is 24.1 Å². The summed E-state index contributed by atoms with van der Waals surface area (Å²) in [4.78, 5) is 2.15. The third-order valence-corrected chi connectivity index (χ3v) is 5.80. The molecule has 1 aliphatic heterocycles. The Balaban J connectivity index is 1.79. The molecule has 28 heavy (non-hydrogen) atoms. The molecule has 2 unspecified atom stereocenters. The molecule has 0 aromatic heterocycles. The van der Waals surface area contributed by atoms with E-state index >= 15 is 0 Å². The van der Waals surface area contributed by atoms with E-state index in [-0.39, 0.29) is 23.1 Å². The number of hydrogen-bond acceptors (Lipinski definition) is 7. The minimum atomic E-state index is -0.0626. The molecule has 0 radical (unpaired) electrons. The summed E-state index contributed by atoms with van der Waals surface area (Å²) in [6.07, 6.45) is 5.67. The first kappa shape index (κ1) is 20.2. The maximum Gasteiger partial charge on any atom is 0.120 e. The minimum Gasteiger partial charge on any atom is -0.487 e. The largest absolute Gasteiger partial charge is 0.487 e. The molecule has 0 amide bonds. The van der Waals surface area contributed by atoms with Gasteiger partial charge in [-0.1, -0.05) is 6.92 Å². The lowest BCUT2D eigenvalue weighted by Crippen LogP contribution is -2.35. The van der Waals surface area contributed by atoms with Gasteiger partial charge in [-0.05, 0) is 50.8 Å². The second-order valence-electron chi connectivity index (χ2n) is 7.95. The zero-order valence-electron chi connectivity index (χ0n) is 17.0. The quantitative estimate of drug-likeness (QED) is 0.348. The maximum atomic E-state index is 8.52. The molecule has 152 valence electrons.